The molecule has 3 amide bonds. The molecule has 1 heterocycles. The van der Waals surface area contributed by atoms with Crippen molar-refractivity contribution in [3.05, 3.63) is 23.3 Å². The van der Waals surface area contributed by atoms with E-state index in [4.69, 9.17) is 10.4 Å². The van der Waals surface area contributed by atoms with E-state index in [0.29, 0.717) is 0 Å². The summed E-state index contributed by atoms with van der Waals surface area (Å²) in [4.78, 5) is 27.4. The minimum absolute atomic E-state index is 0.0370. The Balaban J connectivity index is 2.60. The quantitative estimate of drug-likeness (QED) is 0.718. The van der Waals surface area contributed by atoms with Gasteiger partial charge in [0.1, 0.15) is 0 Å². The predicted molar refractivity (Wildman–Crippen MR) is 81.2 cm³/mol. The van der Waals surface area contributed by atoms with E-state index in [0.717, 1.165) is 11.0 Å². The Morgan fingerprint density at radius 2 is 1.92 bits per heavy atom. The number of nitriles is 1. The molecule has 1 aliphatic rings. The molecule has 0 aliphatic carbocycles. The maximum atomic E-state index is 13.4. The molecule has 26 heavy (non-hydrogen) atoms. The van der Waals surface area contributed by atoms with Crippen LogP contribution in [0.1, 0.15) is 31.4 Å². The van der Waals surface area contributed by atoms with Gasteiger partial charge in [0.05, 0.1) is 0 Å². The number of aliphatic hydroxyl groups excluding tert-OH is 1. The van der Waals surface area contributed by atoms with E-state index in [2.05, 4.69) is 0 Å². The van der Waals surface area contributed by atoms with Crippen molar-refractivity contribution in [3.8, 4) is 6.07 Å². The van der Waals surface area contributed by atoms with Gasteiger partial charge < -0.3 is 0 Å². The summed E-state index contributed by atoms with van der Waals surface area (Å²) in [6.07, 6.45) is -4.53. The number of alkyl halides is 3. The third-order valence-electron chi connectivity index (χ3n) is 4.23. The van der Waals surface area contributed by atoms with E-state index < -0.39 is 34.8 Å². The van der Waals surface area contributed by atoms with Crippen LogP contribution in [0, 0.1) is 11.3 Å². The fourth-order valence-corrected chi connectivity index (χ4v) is 4.19. The van der Waals surface area contributed by atoms with Crippen LogP contribution in [0.2, 0.25) is 0 Å². The van der Waals surface area contributed by atoms with Crippen LogP contribution in [0.5, 0.6) is 0 Å². The molecule has 1 fully saturated rings. The van der Waals surface area contributed by atoms with Gasteiger partial charge in [-0.05, 0) is 0 Å². The van der Waals surface area contributed by atoms with E-state index in [1.54, 1.807) is 0 Å². The Hall–Kier alpha value is -1.50. The van der Waals surface area contributed by atoms with Crippen LogP contribution in [0.3, 0.4) is 0 Å². The molecule has 0 saturated carbocycles. The van der Waals surface area contributed by atoms with Crippen molar-refractivity contribution in [1.82, 2.24) is 4.90 Å². The second-order valence-electron chi connectivity index (χ2n) is 6.24. The third kappa shape index (κ3) is 3.38. The van der Waals surface area contributed by atoms with Crippen LogP contribution in [0.15, 0.2) is 12.1 Å². The van der Waals surface area contributed by atoms with Gasteiger partial charge in [0.25, 0.3) is 0 Å². The van der Waals surface area contributed by atoms with Gasteiger partial charge in [-0.15, -0.1) is 0 Å². The molecule has 0 spiro atoms. The number of amides is 3. The summed E-state index contributed by atoms with van der Waals surface area (Å²) >= 11 is -0.0370. The standard InChI is InChI=1S/C16H15F3N3O3.Y/c1-15(2)13(24)22(14(25)21(15)6-3-7-23)11-5-4-10(9-20)12(8-11)16(17,18)19;/h4-5,23H,3,6-7H2,1-2H3;. The monoisotopic (exact) mass is 443 g/mol. The predicted octanol–water partition coefficient (Wildman–Crippen LogP) is 1.68. The summed E-state index contributed by atoms with van der Waals surface area (Å²) < 4.78 is 40.0. The van der Waals surface area contributed by atoms with Gasteiger partial charge >= 0.3 is 168 Å². The summed E-state index contributed by atoms with van der Waals surface area (Å²) in [5.41, 5.74) is -3.04. The normalized spacial score (nSPS) is 16.9. The van der Waals surface area contributed by atoms with Crippen LogP contribution >= 0.6 is 0 Å². The van der Waals surface area contributed by atoms with Crippen LogP contribution in [0.25, 0.3) is 0 Å². The maximum absolute atomic E-state index is 13.4. The molecule has 1 aliphatic heterocycles. The Morgan fingerprint density at radius 1 is 1.31 bits per heavy atom. The van der Waals surface area contributed by atoms with Crippen LogP contribution < -0.4 is 7.27 Å². The first-order chi connectivity index (χ1) is 12.0. The fourth-order valence-electron chi connectivity index (χ4n) is 2.85. The molecule has 0 radical (unpaired) electrons. The number of benzene rings is 1. The SMILES string of the molecule is CC1(C)C(=O)N(c2ccc(C#N)c(C(F)(F)F)[c]2[Y])C(=O)N1CCCO. The second-order valence-corrected chi connectivity index (χ2v) is 7.66. The number of aliphatic hydroxyl groups is 1. The number of rotatable bonds is 4. The number of urea groups is 1. The Morgan fingerprint density at radius 3 is 2.42 bits per heavy atom. The fraction of sp³-hybridized carbons (Fsp3) is 0.438. The third-order valence-corrected chi connectivity index (χ3v) is 5.67. The van der Waals surface area contributed by atoms with Gasteiger partial charge in [-0.1, -0.05) is 0 Å². The van der Waals surface area contributed by atoms with Crippen molar-refractivity contribution < 1.29 is 58.8 Å². The molecule has 2 rings (SSSR count). The molecular weight excluding hydrogens is 428 g/mol. The summed E-state index contributed by atoms with van der Waals surface area (Å²) in [5, 5.41) is 17.9. The van der Waals surface area contributed by atoms with Crippen LogP contribution in [-0.4, -0.2) is 40.6 Å². The number of halogens is 3. The van der Waals surface area contributed by atoms with E-state index in [1.165, 1.54) is 30.9 Å². The summed E-state index contributed by atoms with van der Waals surface area (Å²) in [7, 11) is 0. The molecule has 0 atom stereocenters. The molecule has 1 aromatic rings. The van der Waals surface area contributed by atoms with E-state index in [-0.39, 0.29) is 58.6 Å². The number of anilines is 1. The van der Waals surface area contributed by atoms with E-state index in [1.807, 2.05) is 0 Å². The number of nitrogens with zero attached hydrogens (tertiary/aromatic N) is 3. The number of hydrogen-bond donors (Lipinski definition) is 1. The van der Waals surface area contributed by atoms with Crippen molar-refractivity contribution in [2.24, 2.45) is 0 Å². The van der Waals surface area contributed by atoms with Crippen LogP contribution in [-0.2, 0) is 41.9 Å². The first kappa shape index (κ1) is 20.8. The van der Waals surface area contributed by atoms with Gasteiger partial charge in [0.15, 0.2) is 0 Å². The number of imide groups is 1. The summed E-state index contributed by atoms with van der Waals surface area (Å²) in [6.45, 7) is 2.92. The molecule has 0 unspecified atom stereocenters. The Bertz CT molecular complexity index is 802. The average Bonchev–Trinajstić information content (AvgIpc) is 2.70. The second kappa shape index (κ2) is 7.26. The molecule has 6 nitrogen and oxygen atoms in total. The van der Waals surface area contributed by atoms with Gasteiger partial charge in [-0.25, -0.2) is 0 Å². The summed E-state index contributed by atoms with van der Waals surface area (Å²) in [6, 6.07) is 2.95. The van der Waals surface area contributed by atoms with Gasteiger partial charge in [0.2, 0.25) is 0 Å². The van der Waals surface area contributed by atoms with Gasteiger partial charge in [-0.2, -0.15) is 0 Å². The van der Waals surface area contributed by atoms with Crippen molar-refractivity contribution >= 4 is 20.0 Å². The molecule has 0 aromatic heterocycles. The van der Waals surface area contributed by atoms with Crippen molar-refractivity contribution in [2.75, 3.05) is 18.1 Å². The molecule has 10 heteroatoms. The zero-order chi connectivity index (χ0) is 19.9. The van der Waals surface area contributed by atoms with Gasteiger partial charge in [-0.3, -0.25) is 0 Å². The van der Waals surface area contributed by atoms with E-state index in [9.17, 15) is 22.8 Å². The molecule has 136 valence electrons. The zero-order valence-corrected chi connectivity index (χ0v) is 16.9. The van der Waals surface area contributed by atoms with Crippen molar-refractivity contribution in [3.63, 3.8) is 0 Å². The average molecular weight is 443 g/mol. The Labute approximate surface area is 168 Å². The number of carbonyl (C=O) groups is 2. The topological polar surface area (TPSA) is 84.6 Å². The molecule has 0 bridgehead atoms. The van der Waals surface area contributed by atoms with Crippen molar-refractivity contribution in [1.29, 1.82) is 5.26 Å². The Kier molecular flexibility index (Phi) is 5.81. The number of carbonyl (C=O) groups excluding carboxylic acids is 2. The molecular formula is C16H15F3N3O3Y. The minimum atomic E-state index is -4.77. The number of hydrogen-bond acceptors (Lipinski definition) is 4. The van der Waals surface area contributed by atoms with Gasteiger partial charge in [0, 0.05) is 0 Å². The molecule has 1 aromatic carbocycles. The first-order valence-corrected chi connectivity index (χ1v) is 9.07. The molecule has 1 saturated heterocycles. The van der Waals surface area contributed by atoms with E-state index >= 15 is 0 Å². The summed E-state index contributed by atoms with van der Waals surface area (Å²) in [5.74, 6) is -0.645. The zero-order valence-electron chi connectivity index (χ0n) is 14.1. The van der Waals surface area contributed by atoms with Crippen LogP contribution in [0.4, 0.5) is 23.7 Å². The van der Waals surface area contributed by atoms with Crippen molar-refractivity contribution in [2.45, 2.75) is 32.0 Å². The first-order valence-electron chi connectivity index (χ1n) is 7.65. The molecule has 1 N–H and O–H groups in total.